The number of nitrogens with two attached hydrogens (primary N) is 1. The highest BCUT2D eigenvalue weighted by Gasteiger charge is 2.34. The lowest BCUT2D eigenvalue weighted by Gasteiger charge is -2.15. The van der Waals surface area contributed by atoms with E-state index in [-0.39, 0.29) is 4.90 Å². The average Bonchev–Trinajstić information content (AvgIpc) is 3.16. The first-order valence-electron chi connectivity index (χ1n) is 7.14. The smallest absolute Gasteiger partial charge is 0.240 e. The number of rotatable bonds is 5. The third-order valence-corrected chi connectivity index (χ3v) is 5.53. The van der Waals surface area contributed by atoms with Gasteiger partial charge < -0.3 is 10.6 Å². The van der Waals surface area contributed by atoms with E-state index in [1.54, 1.807) is 18.2 Å². The van der Waals surface area contributed by atoms with Crippen LogP contribution in [0.25, 0.3) is 0 Å². The largest absolute Gasteiger partial charge is 0.399 e. The SMILES string of the molecule is Nc1cccc(S(=O)(=O)NCC2CCN(C3CC3)C2)c1. The van der Waals surface area contributed by atoms with Gasteiger partial charge in [0.2, 0.25) is 10.0 Å². The van der Waals surface area contributed by atoms with Gasteiger partial charge in [0, 0.05) is 24.8 Å². The molecule has 0 bridgehead atoms. The number of benzene rings is 1. The summed E-state index contributed by atoms with van der Waals surface area (Å²) in [4.78, 5) is 2.73. The van der Waals surface area contributed by atoms with Gasteiger partial charge in [-0.05, 0) is 49.9 Å². The van der Waals surface area contributed by atoms with Crippen LogP contribution in [0.4, 0.5) is 5.69 Å². The van der Waals surface area contributed by atoms with E-state index in [1.165, 1.54) is 18.9 Å². The number of nitrogen functional groups attached to an aromatic ring is 1. The molecular formula is C14H21N3O2S. The molecule has 1 atom stereocenters. The minimum atomic E-state index is -3.44. The molecule has 1 saturated heterocycles. The van der Waals surface area contributed by atoms with Crippen LogP contribution in [0.5, 0.6) is 0 Å². The van der Waals surface area contributed by atoms with Gasteiger partial charge in [-0.25, -0.2) is 13.1 Å². The third kappa shape index (κ3) is 3.13. The monoisotopic (exact) mass is 295 g/mol. The van der Waals surface area contributed by atoms with E-state index in [0.717, 1.165) is 25.6 Å². The summed E-state index contributed by atoms with van der Waals surface area (Å²) in [6.07, 6.45) is 3.69. The molecule has 2 fully saturated rings. The molecule has 1 aromatic rings. The van der Waals surface area contributed by atoms with Crippen LogP contribution in [0.1, 0.15) is 19.3 Å². The first-order valence-corrected chi connectivity index (χ1v) is 8.62. The highest BCUT2D eigenvalue weighted by molar-refractivity contribution is 7.89. The fourth-order valence-corrected chi connectivity index (χ4v) is 3.96. The number of sulfonamides is 1. The maximum Gasteiger partial charge on any atom is 0.240 e. The zero-order chi connectivity index (χ0) is 14.2. The van der Waals surface area contributed by atoms with Crippen molar-refractivity contribution >= 4 is 15.7 Å². The number of nitrogens with zero attached hydrogens (tertiary/aromatic N) is 1. The molecule has 6 heteroatoms. The normalized spacial score (nSPS) is 24.1. The Labute approximate surface area is 120 Å². The topological polar surface area (TPSA) is 75.4 Å². The Morgan fingerprint density at radius 2 is 2.10 bits per heavy atom. The molecule has 3 N–H and O–H groups in total. The van der Waals surface area contributed by atoms with Crippen molar-refractivity contribution in [1.82, 2.24) is 9.62 Å². The van der Waals surface area contributed by atoms with Gasteiger partial charge in [-0.3, -0.25) is 0 Å². The van der Waals surface area contributed by atoms with E-state index in [2.05, 4.69) is 9.62 Å². The molecule has 1 unspecified atom stereocenters. The summed E-state index contributed by atoms with van der Waals surface area (Å²) in [5.74, 6) is 0.423. The predicted octanol–water partition coefficient (Wildman–Crippen LogP) is 1.03. The Hall–Kier alpha value is -1.11. The first kappa shape index (κ1) is 13.9. The van der Waals surface area contributed by atoms with Crippen molar-refractivity contribution in [3.63, 3.8) is 0 Å². The molecule has 110 valence electrons. The molecule has 1 aromatic carbocycles. The van der Waals surface area contributed by atoms with Crippen molar-refractivity contribution < 1.29 is 8.42 Å². The Balaban J connectivity index is 1.57. The van der Waals surface area contributed by atoms with Crippen molar-refractivity contribution in [1.29, 1.82) is 0 Å². The summed E-state index contributed by atoms with van der Waals surface area (Å²) in [5, 5.41) is 0. The van der Waals surface area contributed by atoms with Crippen LogP contribution in [-0.4, -0.2) is 39.0 Å². The van der Waals surface area contributed by atoms with E-state index < -0.39 is 10.0 Å². The Bertz CT molecular complexity index is 584. The van der Waals surface area contributed by atoms with E-state index in [0.29, 0.717) is 18.2 Å². The molecule has 20 heavy (non-hydrogen) atoms. The van der Waals surface area contributed by atoms with Gasteiger partial charge in [0.1, 0.15) is 0 Å². The van der Waals surface area contributed by atoms with Crippen molar-refractivity contribution in [3.05, 3.63) is 24.3 Å². The van der Waals surface area contributed by atoms with Crippen LogP contribution >= 0.6 is 0 Å². The number of hydrogen-bond acceptors (Lipinski definition) is 4. The van der Waals surface area contributed by atoms with Gasteiger partial charge >= 0.3 is 0 Å². The molecule has 0 amide bonds. The lowest BCUT2D eigenvalue weighted by Crippen LogP contribution is -2.31. The van der Waals surface area contributed by atoms with E-state index >= 15 is 0 Å². The van der Waals surface area contributed by atoms with Crippen LogP contribution in [0.15, 0.2) is 29.2 Å². The van der Waals surface area contributed by atoms with Crippen LogP contribution < -0.4 is 10.5 Å². The molecule has 1 heterocycles. The second-order valence-corrected chi connectivity index (χ2v) is 7.57. The predicted molar refractivity (Wildman–Crippen MR) is 78.7 cm³/mol. The molecule has 5 nitrogen and oxygen atoms in total. The average molecular weight is 295 g/mol. The van der Waals surface area contributed by atoms with Gasteiger partial charge in [-0.1, -0.05) is 6.07 Å². The molecule has 3 rings (SSSR count). The van der Waals surface area contributed by atoms with Crippen LogP contribution in [0, 0.1) is 5.92 Å². The number of anilines is 1. The molecule has 1 aliphatic carbocycles. The Kier molecular flexibility index (Phi) is 3.70. The van der Waals surface area contributed by atoms with Gasteiger partial charge in [-0.15, -0.1) is 0 Å². The summed E-state index contributed by atoms with van der Waals surface area (Å²) in [6, 6.07) is 7.18. The van der Waals surface area contributed by atoms with Gasteiger partial charge in [0.15, 0.2) is 0 Å². The Morgan fingerprint density at radius 3 is 2.80 bits per heavy atom. The zero-order valence-corrected chi connectivity index (χ0v) is 12.3. The summed E-state index contributed by atoms with van der Waals surface area (Å²) < 4.78 is 27.1. The van der Waals surface area contributed by atoms with E-state index in [4.69, 9.17) is 5.73 Å². The van der Waals surface area contributed by atoms with E-state index in [1.807, 2.05) is 0 Å². The van der Waals surface area contributed by atoms with Gasteiger partial charge in [0.25, 0.3) is 0 Å². The van der Waals surface area contributed by atoms with Crippen molar-refractivity contribution in [2.24, 2.45) is 5.92 Å². The summed E-state index contributed by atoms with van der Waals surface area (Å²) in [6.45, 7) is 2.64. The molecular weight excluding hydrogens is 274 g/mol. The lowest BCUT2D eigenvalue weighted by molar-refractivity contribution is 0.314. The highest BCUT2D eigenvalue weighted by Crippen LogP contribution is 2.31. The number of nitrogens with one attached hydrogen (secondary N) is 1. The van der Waals surface area contributed by atoms with Gasteiger partial charge in [-0.2, -0.15) is 0 Å². The summed E-state index contributed by atoms with van der Waals surface area (Å²) in [7, 11) is -3.44. The standard InChI is InChI=1S/C14H21N3O2S/c15-12-2-1-3-14(8-12)20(18,19)16-9-11-6-7-17(10-11)13-4-5-13/h1-3,8,11,13,16H,4-7,9-10,15H2. The maximum atomic E-state index is 12.2. The highest BCUT2D eigenvalue weighted by atomic mass is 32.2. The molecule has 2 aliphatic rings. The Morgan fingerprint density at radius 1 is 1.30 bits per heavy atom. The molecule has 0 aromatic heterocycles. The zero-order valence-electron chi connectivity index (χ0n) is 11.5. The molecule has 0 radical (unpaired) electrons. The summed E-state index contributed by atoms with van der Waals surface area (Å²) >= 11 is 0. The van der Waals surface area contributed by atoms with Crippen molar-refractivity contribution in [3.8, 4) is 0 Å². The lowest BCUT2D eigenvalue weighted by atomic mass is 10.1. The quantitative estimate of drug-likeness (QED) is 0.796. The second kappa shape index (κ2) is 5.35. The molecule has 1 saturated carbocycles. The minimum absolute atomic E-state index is 0.245. The van der Waals surface area contributed by atoms with E-state index in [9.17, 15) is 8.42 Å². The van der Waals surface area contributed by atoms with Crippen LogP contribution in [0.2, 0.25) is 0 Å². The van der Waals surface area contributed by atoms with Crippen molar-refractivity contribution in [2.75, 3.05) is 25.4 Å². The molecule has 0 spiro atoms. The number of hydrogen-bond donors (Lipinski definition) is 2. The fourth-order valence-electron chi connectivity index (χ4n) is 2.79. The van der Waals surface area contributed by atoms with Crippen LogP contribution in [0.3, 0.4) is 0 Å². The first-order chi connectivity index (χ1) is 9.54. The fraction of sp³-hybridized carbons (Fsp3) is 0.571. The van der Waals surface area contributed by atoms with Gasteiger partial charge in [0.05, 0.1) is 4.90 Å². The maximum absolute atomic E-state index is 12.2. The van der Waals surface area contributed by atoms with Crippen LogP contribution in [-0.2, 0) is 10.0 Å². The minimum Gasteiger partial charge on any atom is -0.399 e. The van der Waals surface area contributed by atoms with Crippen molar-refractivity contribution in [2.45, 2.75) is 30.2 Å². The number of likely N-dealkylation sites (tertiary alicyclic amines) is 1. The second-order valence-electron chi connectivity index (χ2n) is 5.81. The summed E-state index contributed by atoms with van der Waals surface area (Å²) in [5.41, 5.74) is 6.10. The molecule has 1 aliphatic heterocycles. The third-order valence-electron chi connectivity index (χ3n) is 4.11.